The van der Waals surface area contributed by atoms with E-state index in [1.807, 2.05) is 37.3 Å². The highest BCUT2D eigenvalue weighted by Crippen LogP contribution is 2.19. The van der Waals surface area contributed by atoms with Crippen LogP contribution in [0.4, 0.5) is 0 Å². The minimum atomic E-state index is 0.369. The summed E-state index contributed by atoms with van der Waals surface area (Å²) in [5.41, 5.74) is 3.32. The van der Waals surface area contributed by atoms with Gasteiger partial charge in [-0.2, -0.15) is 0 Å². The van der Waals surface area contributed by atoms with Crippen molar-refractivity contribution in [3.05, 3.63) is 71.3 Å². The average molecular weight is 224 g/mol. The SMILES string of the molecule is Cc1ccc(O)c(CC=Cc2ccccc2)c1. The smallest absolute Gasteiger partial charge is 0.119 e. The lowest BCUT2D eigenvalue weighted by atomic mass is 10.1. The highest BCUT2D eigenvalue weighted by Gasteiger charge is 1.98. The van der Waals surface area contributed by atoms with E-state index in [9.17, 15) is 5.11 Å². The van der Waals surface area contributed by atoms with E-state index in [1.54, 1.807) is 6.07 Å². The maximum atomic E-state index is 9.70. The van der Waals surface area contributed by atoms with Crippen LogP contribution in [0.5, 0.6) is 5.75 Å². The number of rotatable bonds is 3. The molecule has 2 aromatic carbocycles. The van der Waals surface area contributed by atoms with Gasteiger partial charge in [-0.15, -0.1) is 0 Å². The normalized spacial score (nSPS) is 10.9. The summed E-state index contributed by atoms with van der Waals surface area (Å²) in [5, 5.41) is 9.70. The van der Waals surface area contributed by atoms with Gasteiger partial charge in [-0.1, -0.05) is 60.2 Å². The molecule has 0 bridgehead atoms. The lowest BCUT2D eigenvalue weighted by molar-refractivity contribution is 0.469. The third-order valence-electron chi connectivity index (χ3n) is 2.68. The Balaban J connectivity index is 2.07. The van der Waals surface area contributed by atoms with Crippen LogP contribution in [0.15, 0.2) is 54.6 Å². The van der Waals surface area contributed by atoms with E-state index < -0.39 is 0 Å². The first-order chi connectivity index (χ1) is 8.25. The zero-order valence-electron chi connectivity index (χ0n) is 9.93. The Morgan fingerprint density at radius 2 is 1.82 bits per heavy atom. The topological polar surface area (TPSA) is 20.2 Å². The molecule has 0 fully saturated rings. The van der Waals surface area contributed by atoms with Gasteiger partial charge < -0.3 is 5.11 Å². The van der Waals surface area contributed by atoms with E-state index in [-0.39, 0.29) is 0 Å². The van der Waals surface area contributed by atoms with E-state index >= 15 is 0 Å². The molecule has 0 aliphatic rings. The maximum absolute atomic E-state index is 9.70. The first kappa shape index (κ1) is 11.5. The molecule has 1 N–H and O–H groups in total. The molecule has 0 amide bonds. The number of phenols is 1. The first-order valence-corrected chi connectivity index (χ1v) is 5.76. The van der Waals surface area contributed by atoms with Crippen molar-refractivity contribution in [2.45, 2.75) is 13.3 Å². The molecule has 2 rings (SSSR count). The summed E-state index contributed by atoms with van der Waals surface area (Å²) in [4.78, 5) is 0. The molecule has 0 heterocycles. The number of hydrogen-bond donors (Lipinski definition) is 1. The fraction of sp³-hybridized carbons (Fsp3) is 0.125. The summed E-state index contributed by atoms with van der Waals surface area (Å²) in [6.45, 7) is 2.03. The number of aryl methyl sites for hydroxylation is 1. The molecule has 0 spiro atoms. The number of hydrogen-bond acceptors (Lipinski definition) is 1. The van der Waals surface area contributed by atoms with Crippen LogP contribution in [0.2, 0.25) is 0 Å². The summed E-state index contributed by atoms with van der Waals surface area (Å²) in [6.07, 6.45) is 4.90. The van der Waals surface area contributed by atoms with Gasteiger partial charge in [0.1, 0.15) is 5.75 Å². The highest BCUT2D eigenvalue weighted by atomic mass is 16.3. The minimum Gasteiger partial charge on any atom is -0.508 e. The van der Waals surface area contributed by atoms with Gasteiger partial charge in [0.15, 0.2) is 0 Å². The van der Waals surface area contributed by atoms with Gasteiger partial charge in [0.05, 0.1) is 0 Å². The highest BCUT2D eigenvalue weighted by molar-refractivity contribution is 5.50. The third-order valence-corrected chi connectivity index (χ3v) is 2.68. The van der Waals surface area contributed by atoms with Gasteiger partial charge in [0.2, 0.25) is 0 Å². The van der Waals surface area contributed by atoms with Crippen molar-refractivity contribution >= 4 is 6.08 Å². The number of phenolic OH excluding ortho intramolecular Hbond substituents is 1. The molecule has 86 valence electrons. The predicted octanol–water partition coefficient (Wildman–Crippen LogP) is 3.96. The second kappa shape index (κ2) is 5.35. The van der Waals surface area contributed by atoms with Crippen LogP contribution in [-0.2, 0) is 6.42 Å². The Labute approximate surface area is 102 Å². The van der Waals surface area contributed by atoms with Crippen LogP contribution in [0.25, 0.3) is 6.08 Å². The fourth-order valence-corrected chi connectivity index (χ4v) is 1.76. The van der Waals surface area contributed by atoms with Gasteiger partial charge in [-0.05, 0) is 30.5 Å². The van der Waals surface area contributed by atoms with E-state index in [0.29, 0.717) is 5.75 Å². The Hall–Kier alpha value is -2.02. The van der Waals surface area contributed by atoms with Crippen molar-refractivity contribution in [3.63, 3.8) is 0 Å². The second-order valence-electron chi connectivity index (χ2n) is 4.15. The van der Waals surface area contributed by atoms with Crippen LogP contribution >= 0.6 is 0 Å². The van der Waals surface area contributed by atoms with Crippen molar-refractivity contribution in [1.82, 2.24) is 0 Å². The molecule has 0 atom stereocenters. The van der Waals surface area contributed by atoms with Crippen LogP contribution in [0.1, 0.15) is 16.7 Å². The van der Waals surface area contributed by atoms with Gasteiger partial charge >= 0.3 is 0 Å². The second-order valence-corrected chi connectivity index (χ2v) is 4.15. The zero-order valence-corrected chi connectivity index (χ0v) is 9.93. The van der Waals surface area contributed by atoms with Crippen LogP contribution in [-0.4, -0.2) is 5.11 Å². The molecule has 0 saturated carbocycles. The molecule has 0 aromatic heterocycles. The molecule has 1 heteroatoms. The molecular formula is C16H16O. The van der Waals surface area contributed by atoms with Crippen LogP contribution in [0, 0.1) is 6.92 Å². The monoisotopic (exact) mass is 224 g/mol. The number of benzene rings is 2. The maximum Gasteiger partial charge on any atom is 0.119 e. The summed E-state index contributed by atoms with van der Waals surface area (Å²) in [6, 6.07) is 15.8. The summed E-state index contributed by atoms with van der Waals surface area (Å²) in [5.74, 6) is 0.369. The van der Waals surface area contributed by atoms with Crippen molar-refractivity contribution in [3.8, 4) is 5.75 Å². The van der Waals surface area contributed by atoms with Crippen molar-refractivity contribution in [1.29, 1.82) is 0 Å². The lowest BCUT2D eigenvalue weighted by Crippen LogP contribution is -1.84. The molecule has 0 aliphatic carbocycles. The standard InChI is InChI=1S/C16H16O/c1-13-10-11-16(17)15(12-13)9-5-8-14-6-3-2-4-7-14/h2-8,10-12,17H,9H2,1H3. The summed E-state index contributed by atoms with van der Waals surface area (Å²) in [7, 11) is 0. The number of aromatic hydroxyl groups is 1. The van der Waals surface area contributed by atoms with E-state index in [2.05, 4.69) is 24.3 Å². The Morgan fingerprint density at radius 3 is 2.59 bits per heavy atom. The van der Waals surface area contributed by atoms with E-state index in [4.69, 9.17) is 0 Å². The fourth-order valence-electron chi connectivity index (χ4n) is 1.76. The largest absolute Gasteiger partial charge is 0.508 e. The lowest BCUT2D eigenvalue weighted by Gasteiger charge is -2.02. The van der Waals surface area contributed by atoms with E-state index in [0.717, 1.165) is 12.0 Å². The van der Waals surface area contributed by atoms with Crippen molar-refractivity contribution in [2.24, 2.45) is 0 Å². The molecule has 0 saturated heterocycles. The average Bonchev–Trinajstić information content (AvgIpc) is 2.35. The van der Waals surface area contributed by atoms with Gasteiger partial charge in [-0.25, -0.2) is 0 Å². The Bertz CT molecular complexity index is 512. The van der Waals surface area contributed by atoms with E-state index in [1.165, 1.54) is 11.1 Å². The summed E-state index contributed by atoms with van der Waals surface area (Å²) >= 11 is 0. The third kappa shape index (κ3) is 3.22. The molecule has 0 unspecified atom stereocenters. The first-order valence-electron chi connectivity index (χ1n) is 5.76. The van der Waals surface area contributed by atoms with Gasteiger partial charge in [0, 0.05) is 0 Å². The van der Waals surface area contributed by atoms with Crippen molar-refractivity contribution < 1.29 is 5.11 Å². The molecular weight excluding hydrogens is 208 g/mol. The minimum absolute atomic E-state index is 0.369. The van der Waals surface area contributed by atoms with Gasteiger partial charge in [-0.3, -0.25) is 0 Å². The van der Waals surface area contributed by atoms with Crippen LogP contribution < -0.4 is 0 Å². The zero-order chi connectivity index (χ0) is 12.1. The Kier molecular flexibility index (Phi) is 3.61. The molecule has 2 aromatic rings. The summed E-state index contributed by atoms with van der Waals surface area (Å²) < 4.78 is 0. The van der Waals surface area contributed by atoms with Crippen molar-refractivity contribution in [2.75, 3.05) is 0 Å². The quantitative estimate of drug-likeness (QED) is 0.836. The molecule has 0 aliphatic heterocycles. The molecule has 17 heavy (non-hydrogen) atoms. The predicted molar refractivity (Wildman–Crippen MR) is 72.0 cm³/mol. The van der Waals surface area contributed by atoms with Crippen LogP contribution in [0.3, 0.4) is 0 Å². The molecule has 0 radical (unpaired) electrons. The molecule has 1 nitrogen and oxygen atoms in total. The Morgan fingerprint density at radius 1 is 1.06 bits per heavy atom. The number of allylic oxidation sites excluding steroid dienone is 1. The van der Waals surface area contributed by atoms with Gasteiger partial charge in [0.25, 0.3) is 0 Å².